The summed E-state index contributed by atoms with van der Waals surface area (Å²) in [7, 11) is 0. The number of rotatable bonds is 9. The quantitative estimate of drug-likeness (QED) is 0.306. The summed E-state index contributed by atoms with van der Waals surface area (Å²) in [5.74, 6) is -0.598. The second kappa shape index (κ2) is 11.6. The summed E-state index contributed by atoms with van der Waals surface area (Å²) in [5.41, 5.74) is 2.13. The molecule has 0 spiro atoms. The number of para-hydroxylation sites is 1. The predicted octanol–water partition coefficient (Wildman–Crippen LogP) is 6.11. The van der Waals surface area contributed by atoms with Gasteiger partial charge in [-0.2, -0.15) is 0 Å². The molecule has 2 aliphatic heterocycles. The summed E-state index contributed by atoms with van der Waals surface area (Å²) in [4.78, 5) is 43.3. The van der Waals surface area contributed by atoms with Crippen LogP contribution in [0.3, 0.4) is 0 Å². The molecule has 2 aromatic rings. The van der Waals surface area contributed by atoms with Crippen molar-refractivity contribution in [3.8, 4) is 0 Å². The lowest BCUT2D eigenvalue weighted by Gasteiger charge is -2.21. The number of nitrogens with zero attached hydrogens (tertiary/aromatic N) is 2. The third-order valence-corrected chi connectivity index (χ3v) is 8.11. The van der Waals surface area contributed by atoms with Crippen LogP contribution in [0.2, 0.25) is 5.02 Å². The second-order valence-electron chi connectivity index (χ2n) is 8.87. The smallest absolute Gasteiger partial charge is 0.267 e. The molecule has 0 bridgehead atoms. The average Bonchev–Trinajstić information content (AvgIpc) is 3.30. The molecule has 0 aromatic heterocycles. The summed E-state index contributed by atoms with van der Waals surface area (Å²) < 4.78 is 0.474. The Balaban J connectivity index is 1.58. The number of unbranched alkanes of at least 4 members (excludes halogenated alkanes) is 1. The first-order valence-electron chi connectivity index (χ1n) is 12.1. The zero-order valence-electron chi connectivity index (χ0n) is 20.3. The summed E-state index contributed by atoms with van der Waals surface area (Å²) >= 11 is 12.7. The fraction of sp³-hybridized carbons (Fsp3) is 0.333. The number of amides is 3. The van der Waals surface area contributed by atoms with Gasteiger partial charge in [0, 0.05) is 22.8 Å². The maximum absolute atomic E-state index is 13.6. The highest BCUT2D eigenvalue weighted by atomic mass is 35.5. The predicted molar refractivity (Wildman–Crippen MR) is 151 cm³/mol. The normalized spacial score (nSPS) is 18.1. The number of thioether (sulfide) groups is 1. The van der Waals surface area contributed by atoms with E-state index in [9.17, 15) is 14.4 Å². The Morgan fingerprint density at radius 3 is 2.47 bits per heavy atom. The molecule has 2 aromatic carbocycles. The fourth-order valence-electron chi connectivity index (χ4n) is 4.42. The van der Waals surface area contributed by atoms with Gasteiger partial charge in [-0.3, -0.25) is 24.2 Å². The van der Waals surface area contributed by atoms with Crippen LogP contribution in [-0.4, -0.2) is 40.0 Å². The summed E-state index contributed by atoms with van der Waals surface area (Å²) in [5, 5.41) is 3.35. The SMILES string of the molecule is CCCC[C@@H](CC)CN1C(=O)/C(=C2\C(=O)N(CC(=O)Nc3ccc(Cl)cc3)c3ccccc32)SC1=S. The average molecular weight is 542 g/mol. The van der Waals surface area contributed by atoms with E-state index in [4.69, 9.17) is 23.8 Å². The maximum Gasteiger partial charge on any atom is 0.267 e. The molecule has 0 saturated carbocycles. The van der Waals surface area contributed by atoms with Gasteiger partial charge in [-0.05, 0) is 42.7 Å². The van der Waals surface area contributed by atoms with Crippen molar-refractivity contribution >= 4 is 74.6 Å². The molecule has 0 radical (unpaired) electrons. The zero-order chi connectivity index (χ0) is 25.8. The van der Waals surface area contributed by atoms with Crippen molar-refractivity contribution in [1.82, 2.24) is 4.90 Å². The Bertz CT molecular complexity index is 1230. The lowest BCUT2D eigenvalue weighted by atomic mass is 9.98. The van der Waals surface area contributed by atoms with Gasteiger partial charge in [-0.25, -0.2) is 0 Å². The molecule has 2 aliphatic rings. The Hall–Kier alpha value is -2.68. The number of fused-ring (bicyclic) bond motifs is 1. The third kappa shape index (κ3) is 5.51. The van der Waals surface area contributed by atoms with Crippen molar-refractivity contribution in [3.05, 3.63) is 64.0 Å². The van der Waals surface area contributed by atoms with Crippen molar-refractivity contribution < 1.29 is 14.4 Å². The van der Waals surface area contributed by atoms with Crippen LogP contribution in [0, 0.1) is 5.92 Å². The number of thiocarbonyl (C=S) groups is 1. The highest BCUT2D eigenvalue weighted by Gasteiger charge is 2.42. The molecule has 36 heavy (non-hydrogen) atoms. The number of carbonyl (C=O) groups excluding carboxylic acids is 3. The van der Waals surface area contributed by atoms with Crippen LogP contribution in [0.4, 0.5) is 11.4 Å². The van der Waals surface area contributed by atoms with Gasteiger partial charge in [0.25, 0.3) is 11.8 Å². The Kier molecular flexibility index (Phi) is 8.49. The lowest BCUT2D eigenvalue weighted by molar-refractivity contribution is -0.123. The largest absolute Gasteiger partial charge is 0.325 e. The van der Waals surface area contributed by atoms with E-state index in [2.05, 4.69) is 19.2 Å². The number of carbonyl (C=O) groups is 3. The fourth-order valence-corrected chi connectivity index (χ4v) is 5.89. The molecule has 188 valence electrons. The van der Waals surface area contributed by atoms with Crippen molar-refractivity contribution in [3.63, 3.8) is 0 Å². The van der Waals surface area contributed by atoms with E-state index < -0.39 is 0 Å². The van der Waals surface area contributed by atoms with E-state index in [-0.39, 0.29) is 24.3 Å². The van der Waals surface area contributed by atoms with Gasteiger partial charge in [0.1, 0.15) is 10.9 Å². The van der Waals surface area contributed by atoms with Gasteiger partial charge >= 0.3 is 0 Å². The van der Waals surface area contributed by atoms with Gasteiger partial charge in [0.05, 0.1) is 16.2 Å². The summed E-state index contributed by atoms with van der Waals surface area (Å²) in [6.45, 7) is 4.65. The van der Waals surface area contributed by atoms with E-state index in [1.54, 1.807) is 35.2 Å². The van der Waals surface area contributed by atoms with Gasteiger partial charge in [0.2, 0.25) is 5.91 Å². The molecule has 1 N–H and O–H groups in total. The molecule has 1 saturated heterocycles. The molecule has 3 amide bonds. The first-order chi connectivity index (χ1) is 17.3. The topological polar surface area (TPSA) is 69.7 Å². The van der Waals surface area contributed by atoms with Crippen LogP contribution in [0.5, 0.6) is 0 Å². The van der Waals surface area contributed by atoms with Gasteiger partial charge in [-0.15, -0.1) is 0 Å². The number of anilines is 2. The zero-order valence-corrected chi connectivity index (χ0v) is 22.6. The van der Waals surface area contributed by atoms with E-state index in [1.807, 2.05) is 18.2 Å². The highest BCUT2D eigenvalue weighted by Crippen LogP contribution is 2.44. The molecule has 0 aliphatic carbocycles. The molecule has 9 heteroatoms. The minimum atomic E-state index is -0.374. The minimum absolute atomic E-state index is 0.183. The molecule has 2 heterocycles. The Labute approximate surface area is 226 Å². The Morgan fingerprint density at radius 1 is 1.06 bits per heavy atom. The Morgan fingerprint density at radius 2 is 1.78 bits per heavy atom. The van der Waals surface area contributed by atoms with Crippen LogP contribution in [0.1, 0.15) is 45.1 Å². The van der Waals surface area contributed by atoms with Crippen LogP contribution >= 0.6 is 35.6 Å². The van der Waals surface area contributed by atoms with Crippen molar-refractivity contribution in [2.75, 3.05) is 23.3 Å². The maximum atomic E-state index is 13.6. The van der Waals surface area contributed by atoms with Crippen LogP contribution in [-0.2, 0) is 14.4 Å². The van der Waals surface area contributed by atoms with E-state index in [0.29, 0.717) is 49.2 Å². The highest BCUT2D eigenvalue weighted by molar-refractivity contribution is 8.26. The number of hydrogen-bond donors (Lipinski definition) is 1. The molecule has 1 atom stereocenters. The summed E-state index contributed by atoms with van der Waals surface area (Å²) in [6, 6.07) is 14.0. The number of halogens is 1. The van der Waals surface area contributed by atoms with Crippen LogP contribution in [0.25, 0.3) is 5.57 Å². The van der Waals surface area contributed by atoms with E-state index in [1.165, 1.54) is 16.7 Å². The molecule has 0 unspecified atom stereocenters. The standard InChI is InChI=1S/C27H28ClN3O3S2/c1-3-5-8-17(4-2)15-31-26(34)24(36-27(31)35)23-20-9-6-7-10-21(20)30(25(23)33)16-22(32)29-19-13-11-18(28)12-14-19/h6-7,9-14,17H,3-5,8,15-16H2,1-2H3,(H,29,32)/b24-23+/t17-/m1/s1. The van der Waals surface area contributed by atoms with Crippen molar-refractivity contribution in [1.29, 1.82) is 0 Å². The van der Waals surface area contributed by atoms with E-state index >= 15 is 0 Å². The minimum Gasteiger partial charge on any atom is -0.325 e. The van der Waals surface area contributed by atoms with Gasteiger partial charge < -0.3 is 5.32 Å². The third-order valence-electron chi connectivity index (χ3n) is 6.41. The number of benzene rings is 2. The van der Waals surface area contributed by atoms with Crippen LogP contribution in [0.15, 0.2) is 53.4 Å². The monoisotopic (exact) mass is 541 g/mol. The van der Waals surface area contributed by atoms with E-state index in [0.717, 1.165) is 25.7 Å². The molecule has 1 fully saturated rings. The second-order valence-corrected chi connectivity index (χ2v) is 10.9. The molecule has 4 rings (SSSR count). The van der Waals surface area contributed by atoms with Gasteiger partial charge in [0.15, 0.2) is 0 Å². The van der Waals surface area contributed by atoms with Gasteiger partial charge in [-0.1, -0.05) is 86.9 Å². The number of nitrogens with one attached hydrogen (secondary N) is 1. The molecular formula is C27H28ClN3O3S2. The molecule has 6 nitrogen and oxygen atoms in total. The van der Waals surface area contributed by atoms with Crippen molar-refractivity contribution in [2.45, 2.75) is 39.5 Å². The first kappa shape index (κ1) is 26.4. The summed E-state index contributed by atoms with van der Waals surface area (Å²) in [6.07, 6.45) is 4.20. The molecular weight excluding hydrogens is 514 g/mol. The van der Waals surface area contributed by atoms with Crippen LogP contribution < -0.4 is 10.2 Å². The van der Waals surface area contributed by atoms with Crippen molar-refractivity contribution in [2.24, 2.45) is 5.92 Å². The lowest BCUT2D eigenvalue weighted by Crippen LogP contribution is -2.36. The first-order valence-corrected chi connectivity index (χ1v) is 13.7. The number of hydrogen-bond acceptors (Lipinski definition) is 5.